The molecule has 1 rings (SSSR count). The lowest BCUT2D eigenvalue weighted by Crippen LogP contribution is -2.29. The minimum atomic E-state index is 0.520. The summed E-state index contributed by atoms with van der Waals surface area (Å²) in [4.78, 5) is 0. The van der Waals surface area contributed by atoms with E-state index in [1.165, 1.54) is 19.3 Å². The predicted octanol–water partition coefficient (Wildman–Crippen LogP) is 3.22. The Balaban J connectivity index is 2.28. The second kappa shape index (κ2) is 5.23. The first-order valence-corrected chi connectivity index (χ1v) is 6.03. The van der Waals surface area contributed by atoms with E-state index in [9.17, 15) is 0 Å². The molecule has 0 aromatic carbocycles. The van der Waals surface area contributed by atoms with Crippen molar-refractivity contribution in [2.75, 3.05) is 11.9 Å². The van der Waals surface area contributed by atoms with Crippen LogP contribution >= 0.6 is 15.9 Å². The summed E-state index contributed by atoms with van der Waals surface area (Å²) in [5, 5.41) is 0.963. The van der Waals surface area contributed by atoms with Crippen LogP contribution in [0.1, 0.15) is 33.1 Å². The van der Waals surface area contributed by atoms with E-state index in [1.807, 2.05) is 0 Å². The average Bonchev–Trinajstić information content (AvgIpc) is 2.07. The molecule has 1 fully saturated rings. The molecule has 0 spiro atoms. The smallest absolute Gasteiger partial charge is 0.0603 e. The molecule has 2 heteroatoms. The van der Waals surface area contributed by atoms with Crippen LogP contribution in [0.5, 0.6) is 0 Å². The second-order valence-corrected chi connectivity index (χ2v) is 4.79. The van der Waals surface area contributed by atoms with Crippen molar-refractivity contribution in [1.82, 2.24) is 0 Å². The largest absolute Gasteiger partial charge is 0.377 e. The van der Waals surface area contributed by atoms with E-state index >= 15 is 0 Å². The molecule has 0 radical (unpaired) electrons. The zero-order valence-electron chi connectivity index (χ0n) is 8.05. The minimum absolute atomic E-state index is 0.520. The van der Waals surface area contributed by atoms with Crippen LogP contribution in [0, 0.1) is 11.8 Å². The minimum Gasteiger partial charge on any atom is -0.377 e. The molecule has 1 aliphatic rings. The van der Waals surface area contributed by atoms with E-state index in [4.69, 9.17) is 4.74 Å². The normalized spacial score (nSPS) is 36.8. The van der Waals surface area contributed by atoms with Gasteiger partial charge in [0.25, 0.3) is 0 Å². The molecule has 1 saturated carbocycles. The first-order valence-electron chi connectivity index (χ1n) is 4.91. The van der Waals surface area contributed by atoms with Gasteiger partial charge in [0.05, 0.1) is 12.7 Å². The van der Waals surface area contributed by atoms with Crippen molar-refractivity contribution in [1.29, 1.82) is 0 Å². The maximum Gasteiger partial charge on any atom is 0.0603 e. The van der Waals surface area contributed by atoms with Gasteiger partial charge in [-0.15, -0.1) is 0 Å². The zero-order valence-corrected chi connectivity index (χ0v) is 9.64. The quantitative estimate of drug-likeness (QED) is 0.682. The summed E-state index contributed by atoms with van der Waals surface area (Å²) < 4.78 is 5.77. The van der Waals surface area contributed by atoms with Gasteiger partial charge >= 0.3 is 0 Å². The van der Waals surface area contributed by atoms with E-state index in [0.29, 0.717) is 6.10 Å². The molecule has 3 atom stereocenters. The lowest BCUT2D eigenvalue weighted by atomic mass is 9.82. The predicted molar refractivity (Wildman–Crippen MR) is 55.7 cm³/mol. The molecule has 1 nitrogen and oxygen atoms in total. The van der Waals surface area contributed by atoms with Gasteiger partial charge in [-0.1, -0.05) is 36.2 Å². The van der Waals surface area contributed by atoms with E-state index in [0.717, 1.165) is 23.8 Å². The highest BCUT2D eigenvalue weighted by atomic mass is 79.9. The van der Waals surface area contributed by atoms with Gasteiger partial charge in [0.2, 0.25) is 0 Å². The lowest BCUT2D eigenvalue weighted by Gasteiger charge is -2.32. The van der Waals surface area contributed by atoms with Gasteiger partial charge in [-0.25, -0.2) is 0 Å². The van der Waals surface area contributed by atoms with Crippen molar-refractivity contribution < 1.29 is 4.74 Å². The fraction of sp³-hybridized carbons (Fsp3) is 1.00. The molecule has 0 saturated heterocycles. The Morgan fingerprint density at radius 3 is 2.75 bits per heavy atom. The van der Waals surface area contributed by atoms with E-state index < -0.39 is 0 Å². The molecular formula is C10H19BrO. The number of alkyl halides is 1. The monoisotopic (exact) mass is 234 g/mol. The molecule has 0 heterocycles. The second-order valence-electron chi connectivity index (χ2n) is 3.99. The molecule has 3 unspecified atom stereocenters. The van der Waals surface area contributed by atoms with E-state index in [2.05, 4.69) is 29.8 Å². The summed E-state index contributed by atoms with van der Waals surface area (Å²) in [5.41, 5.74) is 0. The van der Waals surface area contributed by atoms with Crippen molar-refractivity contribution in [3.8, 4) is 0 Å². The SMILES string of the molecule is CC1CCC(C)C(OCCBr)C1. The Hall–Kier alpha value is 0.440. The fourth-order valence-electron chi connectivity index (χ4n) is 1.91. The highest BCUT2D eigenvalue weighted by molar-refractivity contribution is 9.09. The zero-order chi connectivity index (χ0) is 8.97. The summed E-state index contributed by atoms with van der Waals surface area (Å²) >= 11 is 3.39. The molecule has 0 bridgehead atoms. The Morgan fingerprint density at radius 2 is 2.08 bits per heavy atom. The topological polar surface area (TPSA) is 9.23 Å². The lowest BCUT2D eigenvalue weighted by molar-refractivity contribution is -0.00997. The van der Waals surface area contributed by atoms with Crippen LogP contribution in [-0.2, 0) is 4.74 Å². The maximum atomic E-state index is 5.77. The van der Waals surface area contributed by atoms with Crippen LogP contribution in [0.15, 0.2) is 0 Å². The Bertz CT molecular complexity index is 127. The molecule has 12 heavy (non-hydrogen) atoms. The van der Waals surface area contributed by atoms with Gasteiger partial charge in [-0.3, -0.25) is 0 Å². The molecule has 0 amide bonds. The molecule has 1 aliphatic carbocycles. The number of rotatable bonds is 3. The van der Waals surface area contributed by atoms with Gasteiger partial charge < -0.3 is 4.74 Å². The molecular weight excluding hydrogens is 216 g/mol. The van der Waals surface area contributed by atoms with Gasteiger partial charge in [0, 0.05) is 5.33 Å². The molecule has 0 aromatic heterocycles. The number of ether oxygens (including phenoxy) is 1. The Kier molecular flexibility index (Phi) is 4.59. The standard InChI is InChI=1S/C10H19BrO/c1-8-3-4-9(2)10(7-8)12-6-5-11/h8-10H,3-7H2,1-2H3. The third kappa shape index (κ3) is 3.06. The van der Waals surface area contributed by atoms with Crippen LogP contribution in [-0.4, -0.2) is 18.0 Å². The van der Waals surface area contributed by atoms with Crippen LogP contribution in [0.2, 0.25) is 0 Å². The van der Waals surface area contributed by atoms with E-state index in [1.54, 1.807) is 0 Å². The molecule has 0 N–H and O–H groups in total. The van der Waals surface area contributed by atoms with Crippen molar-refractivity contribution in [2.45, 2.75) is 39.2 Å². The van der Waals surface area contributed by atoms with Crippen LogP contribution in [0.3, 0.4) is 0 Å². The number of hydrogen-bond acceptors (Lipinski definition) is 1. The van der Waals surface area contributed by atoms with Crippen molar-refractivity contribution in [3.63, 3.8) is 0 Å². The molecule has 0 aliphatic heterocycles. The summed E-state index contributed by atoms with van der Waals surface area (Å²) in [7, 11) is 0. The van der Waals surface area contributed by atoms with Crippen LogP contribution in [0.25, 0.3) is 0 Å². The Labute approximate surface area is 84.0 Å². The van der Waals surface area contributed by atoms with Gasteiger partial charge in [-0.05, 0) is 24.7 Å². The third-order valence-corrected chi connectivity index (χ3v) is 3.12. The highest BCUT2D eigenvalue weighted by Gasteiger charge is 2.25. The molecule has 0 aromatic rings. The first kappa shape index (κ1) is 10.5. The average molecular weight is 235 g/mol. The van der Waals surface area contributed by atoms with Crippen molar-refractivity contribution in [3.05, 3.63) is 0 Å². The van der Waals surface area contributed by atoms with Gasteiger partial charge in [0.15, 0.2) is 0 Å². The summed E-state index contributed by atoms with van der Waals surface area (Å²) in [6.45, 7) is 5.50. The summed E-state index contributed by atoms with van der Waals surface area (Å²) in [5.74, 6) is 1.63. The third-order valence-electron chi connectivity index (χ3n) is 2.79. The summed E-state index contributed by atoms with van der Waals surface area (Å²) in [6.07, 6.45) is 4.50. The van der Waals surface area contributed by atoms with E-state index in [-0.39, 0.29) is 0 Å². The molecule has 72 valence electrons. The van der Waals surface area contributed by atoms with Crippen molar-refractivity contribution in [2.24, 2.45) is 11.8 Å². The first-order chi connectivity index (χ1) is 5.74. The Morgan fingerprint density at radius 1 is 1.33 bits per heavy atom. The fourth-order valence-corrected chi connectivity index (χ4v) is 2.10. The number of hydrogen-bond donors (Lipinski definition) is 0. The van der Waals surface area contributed by atoms with Gasteiger partial charge in [-0.2, -0.15) is 0 Å². The van der Waals surface area contributed by atoms with Gasteiger partial charge in [0.1, 0.15) is 0 Å². The maximum absolute atomic E-state index is 5.77. The highest BCUT2D eigenvalue weighted by Crippen LogP contribution is 2.30. The van der Waals surface area contributed by atoms with Crippen LogP contribution < -0.4 is 0 Å². The summed E-state index contributed by atoms with van der Waals surface area (Å²) in [6, 6.07) is 0. The number of halogens is 1. The van der Waals surface area contributed by atoms with Crippen LogP contribution in [0.4, 0.5) is 0 Å². The van der Waals surface area contributed by atoms with Crippen molar-refractivity contribution >= 4 is 15.9 Å².